The second kappa shape index (κ2) is 7.51. The normalized spacial score (nSPS) is 17.5. The van der Waals surface area contributed by atoms with Crippen LogP contribution in [0.2, 0.25) is 0 Å². The molecule has 126 valence electrons. The van der Waals surface area contributed by atoms with Crippen molar-refractivity contribution >= 4 is 5.91 Å². The van der Waals surface area contributed by atoms with Gasteiger partial charge in [-0.15, -0.1) is 0 Å². The molecule has 1 fully saturated rings. The lowest BCUT2D eigenvalue weighted by Gasteiger charge is -2.19. The molecular formula is C19H20F2N2O. The van der Waals surface area contributed by atoms with Crippen LogP contribution in [0, 0.1) is 5.82 Å². The number of alkyl halides is 1. The van der Waals surface area contributed by atoms with Crippen molar-refractivity contribution in [2.24, 2.45) is 0 Å². The van der Waals surface area contributed by atoms with Gasteiger partial charge in [0.15, 0.2) is 0 Å². The van der Waals surface area contributed by atoms with Crippen molar-refractivity contribution in [2.75, 3.05) is 13.2 Å². The Balaban J connectivity index is 1.71. The number of pyridine rings is 1. The van der Waals surface area contributed by atoms with Gasteiger partial charge in [-0.1, -0.05) is 12.1 Å². The number of halogens is 2. The van der Waals surface area contributed by atoms with Crippen LogP contribution in [0.1, 0.15) is 35.4 Å². The zero-order valence-electron chi connectivity index (χ0n) is 13.4. The first-order valence-electron chi connectivity index (χ1n) is 8.18. The maximum Gasteiger partial charge on any atom is 0.223 e. The fraction of sp³-hybridized carbons (Fsp3) is 0.368. The van der Waals surface area contributed by atoms with Crippen LogP contribution in [-0.4, -0.2) is 29.0 Å². The molecule has 2 heterocycles. The predicted octanol–water partition coefficient (Wildman–Crippen LogP) is 3.64. The van der Waals surface area contributed by atoms with Gasteiger partial charge in [-0.3, -0.25) is 14.2 Å². The molecule has 1 aromatic heterocycles. The topological polar surface area (TPSA) is 33.2 Å². The van der Waals surface area contributed by atoms with Gasteiger partial charge in [0.05, 0.1) is 6.67 Å². The van der Waals surface area contributed by atoms with E-state index in [0.717, 1.165) is 16.7 Å². The first-order chi connectivity index (χ1) is 11.7. The van der Waals surface area contributed by atoms with Gasteiger partial charge in [0, 0.05) is 37.8 Å². The van der Waals surface area contributed by atoms with Gasteiger partial charge in [-0.2, -0.15) is 0 Å². The zero-order valence-corrected chi connectivity index (χ0v) is 13.4. The number of likely N-dealkylation sites (tertiary alicyclic amines) is 1. The summed E-state index contributed by atoms with van der Waals surface area (Å²) in [7, 11) is 0. The minimum absolute atomic E-state index is 0.0179. The lowest BCUT2D eigenvalue weighted by atomic mass is 9.98. The summed E-state index contributed by atoms with van der Waals surface area (Å²) in [4.78, 5) is 18.2. The number of carbonyl (C=O) groups is 1. The van der Waals surface area contributed by atoms with Crippen LogP contribution in [0.4, 0.5) is 8.78 Å². The van der Waals surface area contributed by atoms with E-state index in [1.807, 2.05) is 12.1 Å². The van der Waals surface area contributed by atoms with Crippen molar-refractivity contribution in [1.82, 2.24) is 9.88 Å². The molecule has 5 heteroatoms. The Kier molecular flexibility index (Phi) is 5.18. The third-order valence-corrected chi connectivity index (χ3v) is 4.48. The molecule has 3 nitrogen and oxygen atoms in total. The number of hydrogen-bond donors (Lipinski definition) is 0. The molecular weight excluding hydrogens is 310 g/mol. The number of nitrogens with zero attached hydrogens (tertiary/aromatic N) is 2. The molecule has 0 aliphatic carbocycles. The van der Waals surface area contributed by atoms with E-state index in [-0.39, 0.29) is 24.3 Å². The smallest absolute Gasteiger partial charge is 0.223 e. The molecule has 0 spiro atoms. The van der Waals surface area contributed by atoms with Gasteiger partial charge >= 0.3 is 0 Å². The van der Waals surface area contributed by atoms with Crippen LogP contribution < -0.4 is 0 Å². The first kappa shape index (κ1) is 16.6. The van der Waals surface area contributed by atoms with Gasteiger partial charge in [-0.05, 0) is 47.7 Å². The number of benzene rings is 1. The Morgan fingerprint density at radius 1 is 1.25 bits per heavy atom. The Hall–Kier alpha value is -2.30. The molecule has 2 aromatic rings. The molecule has 1 aliphatic heterocycles. The molecule has 24 heavy (non-hydrogen) atoms. The van der Waals surface area contributed by atoms with Gasteiger partial charge in [0.2, 0.25) is 5.91 Å². The molecule has 0 radical (unpaired) electrons. The van der Waals surface area contributed by atoms with E-state index < -0.39 is 0 Å². The third-order valence-electron chi connectivity index (χ3n) is 4.48. The molecule has 1 aromatic carbocycles. The summed E-state index contributed by atoms with van der Waals surface area (Å²) in [6.45, 7) is 0.709. The van der Waals surface area contributed by atoms with Crippen LogP contribution in [0.25, 0.3) is 0 Å². The maximum absolute atomic E-state index is 13.4. The maximum atomic E-state index is 13.4. The minimum Gasteiger partial charge on any atom is -0.338 e. The first-order valence-corrected chi connectivity index (χ1v) is 8.18. The highest BCUT2D eigenvalue weighted by Gasteiger charge is 2.31. The average Bonchev–Trinajstić information content (AvgIpc) is 2.95. The van der Waals surface area contributed by atoms with Crippen LogP contribution in [-0.2, 0) is 17.8 Å². The number of amides is 1. The standard InChI is InChI=1S/C19H20F2N2O/c20-7-2-4-15-11-22-8-6-16(15)12-23-13-17(10-19(23)24)14-3-1-5-18(21)9-14/h1,3,5-6,8-9,11,17H,2,4,7,10,12-13H2. The van der Waals surface area contributed by atoms with E-state index in [9.17, 15) is 13.6 Å². The highest BCUT2D eigenvalue weighted by Crippen LogP contribution is 2.30. The van der Waals surface area contributed by atoms with E-state index in [1.54, 1.807) is 23.4 Å². The second-order valence-electron chi connectivity index (χ2n) is 6.17. The van der Waals surface area contributed by atoms with Crippen LogP contribution in [0.15, 0.2) is 42.7 Å². The summed E-state index contributed by atoms with van der Waals surface area (Å²) >= 11 is 0. The quantitative estimate of drug-likeness (QED) is 0.810. The molecule has 1 unspecified atom stereocenters. The lowest BCUT2D eigenvalue weighted by molar-refractivity contribution is -0.128. The summed E-state index contributed by atoms with van der Waals surface area (Å²) in [5.41, 5.74) is 2.85. The molecule has 0 N–H and O–H groups in total. The zero-order chi connectivity index (χ0) is 16.9. The van der Waals surface area contributed by atoms with Crippen LogP contribution >= 0.6 is 0 Å². The van der Waals surface area contributed by atoms with Crippen LogP contribution in [0.5, 0.6) is 0 Å². The Morgan fingerprint density at radius 2 is 2.12 bits per heavy atom. The van der Waals surface area contributed by atoms with Crippen molar-refractivity contribution in [3.63, 3.8) is 0 Å². The third kappa shape index (κ3) is 3.78. The van der Waals surface area contributed by atoms with E-state index in [0.29, 0.717) is 32.4 Å². The van der Waals surface area contributed by atoms with Crippen molar-refractivity contribution in [1.29, 1.82) is 0 Å². The average molecular weight is 330 g/mol. The second-order valence-corrected chi connectivity index (χ2v) is 6.17. The van der Waals surface area contributed by atoms with E-state index in [4.69, 9.17) is 0 Å². The summed E-state index contributed by atoms with van der Waals surface area (Å²) < 4.78 is 25.8. The summed E-state index contributed by atoms with van der Waals surface area (Å²) in [6, 6.07) is 8.34. The lowest BCUT2D eigenvalue weighted by Crippen LogP contribution is -2.25. The predicted molar refractivity (Wildman–Crippen MR) is 87.7 cm³/mol. The number of carbonyl (C=O) groups excluding carboxylic acids is 1. The SMILES string of the molecule is O=C1CC(c2cccc(F)c2)CN1Cc1ccncc1CCCF. The number of aromatic nitrogens is 1. The van der Waals surface area contributed by atoms with Crippen LogP contribution in [0.3, 0.4) is 0 Å². The number of aryl methyl sites for hydroxylation is 1. The largest absolute Gasteiger partial charge is 0.338 e. The van der Waals surface area contributed by atoms with E-state index in [2.05, 4.69) is 4.98 Å². The molecule has 0 bridgehead atoms. The fourth-order valence-corrected chi connectivity index (χ4v) is 3.21. The van der Waals surface area contributed by atoms with Gasteiger partial charge < -0.3 is 4.90 Å². The van der Waals surface area contributed by atoms with Gasteiger partial charge in [0.1, 0.15) is 5.82 Å². The Labute approximate surface area is 140 Å². The van der Waals surface area contributed by atoms with E-state index in [1.165, 1.54) is 12.1 Å². The molecule has 1 aliphatic rings. The van der Waals surface area contributed by atoms with Crippen molar-refractivity contribution < 1.29 is 13.6 Å². The summed E-state index contributed by atoms with van der Waals surface area (Å²) in [6.07, 6.45) is 4.91. The molecule has 1 saturated heterocycles. The number of rotatable bonds is 6. The Morgan fingerprint density at radius 3 is 2.92 bits per heavy atom. The number of hydrogen-bond acceptors (Lipinski definition) is 2. The highest BCUT2D eigenvalue weighted by molar-refractivity contribution is 5.79. The summed E-state index contributed by atoms with van der Waals surface area (Å²) in [5.74, 6) is -0.192. The molecule has 1 amide bonds. The molecule has 3 rings (SSSR count). The van der Waals surface area contributed by atoms with Crippen molar-refractivity contribution in [3.05, 3.63) is 65.2 Å². The summed E-state index contributed by atoms with van der Waals surface area (Å²) in [5, 5.41) is 0. The highest BCUT2D eigenvalue weighted by atomic mass is 19.1. The van der Waals surface area contributed by atoms with Gasteiger partial charge in [0.25, 0.3) is 0 Å². The molecule has 0 saturated carbocycles. The van der Waals surface area contributed by atoms with Crippen molar-refractivity contribution in [3.8, 4) is 0 Å². The monoisotopic (exact) mass is 330 g/mol. The fourth-order valence-electron chi connectivity index (χ4n) is 3.21. The molecule has 1 atom stereocenters. The van der Waals surface area contributed by atoms with Gasteiger partial charge in [-0.25, -0.2) is 4.39 Å². The van der Waals surface area contributed by atoms with E-state index >= 15 is 0 Å². The minimum atomic E-state index is -0.362. The van der Waals surface area contributed by atoms with Crippen molar-refractivity contribution in [2.45, 2.75) is 31.7 Å². The Bertz CT molecular complexity index is 720.